The molecule has 0 saturated heterocycles. The molecule has 10 heteroatoms. The average molecular weight is 531 g/mol. The maximum atomic E-state index is 13.2. The molecule has 0 amide bonds. The first-order chi connectivity index (χ1) is 17.3. The van der Waals surface area contributed by atoms with Gasteiger partial charge in [0, 0.05) is 41.1 Å². The third-order valence-corrected chi connectivity index (χ3v) is 12.7. The predicted octanol–water partition coefficient (Wildman–Crippen LogP) is 6.93. The van der Waals surface area contributed by atoms with E-state index in [1.54, 1.807) is 0 Å². The van der Waals surface area contributed by atoms with Crippen LogP contribution in [0.15, 0.2) is 42.9 Å². The second-order valence-corrected chi connectivity index (χ2v) is 16.4. The van der Waals surface area contributed by atoms with Crippen molar-refractivity contribution in [3.05, 3.63) is 48.4 Å². The molecule has 3 atom stereocenters. The lowest BCUT2D eigenvalue weighted by atomic mass is 10.1. The summed E-state index contributed by atoms with van der Waals surface area (Å²) in [5.74, 6) is 0.0504. The molecule has 5 rings (SSSR count). The van der Waals surface area contributed by atoms with Crippen LogP contribution in [0.25, 0.3) is 33.3 Å². The Kier molecular flexibility index (Phi) is 6.28. The molecule has 37 heavy (non-hydrogen) atoms. The fourth-order valence-corrected chi connectivity index (χ4v) is 6.49. The van der Waals surface area contributed by atoms with E-state index >= 15 is 0 Å². The van der Waals surface area contributed by atoms with Crippen LogP contribution in [-0.2, 0) is 10.6 Å². The molecule has 1 aromatic carbocycles. The summed E-state index contributed by atoms with van der Waals surface area (Å²) in [4.78, 5) is 12.1. The van der Waals surface area contributed by atoms with Crippen molar-refractivity contribution >= 4 is 30.3 Å². The third-order valence-electron chi connectivity index (χ3n) is 8.20. The van der Waals surface area contributed by atoms with Gasteiger partial charge in [-0.05, 0) is 55.2 Å². The van der Waals surface area contributed by atoms with Crippen LogP contribution in [-0.4, -0.2) is 45.7 Å². The Morgan fingerprint density at radius 2 is 1.86 bits per heavy atom. The van der Waals surface area contributed by atoms with Crippen LogP contribution in [0.1, 0.15) is 45.2 Å². The van der Waals surface area contributed by atoms with Crippen molar-refractivity contribution in [3.63, 3.8) is 0 Å². The number of fused-ring (bicyclic) bond motifs is 2. The highest BCUT2D eigenvalue weighted by atomic mass is 28.4. The Hall–Kier alpha value is -2.69. The smallest absolute Gasteiger partial charge is 0.413 e. The molecular weight excluding hydrogens is 497 g/mol. The summed E-state index contributed by atoms with van der Waals surface area (Å²) in [5.41, 5.74) is 1.75. The number of hydrogen-bond acceptors (Lipinski definition) is 4. The first-order valence-electron chi connectivity index (χ1n) is 12.6. The molecular formula is C27H33F3N4O2Si. The van der Waals surface area contributed by atoms with E-state index in [4.69, 9.17) is 4.43 Å². The highest BCUT2D eigenvalue weighted by Gasteiger charge is 2.44. The Morgan fingerprint density at radius 1 is 1.11 bits per heavy atom. The van der Waals surface area contributed by atoms with Gasteiger partial charge in [-0.3, -0.25) is 0 Å². The van der Waals surface area contributed by atoms with Crippen LogP contribution < -0.4 is 0 Å². The molecule has 3 aromatic heterocycles. The number of rotatable bonds is 5. The Balaban J connectivity index is 1.47. The van der Waals surface area contributed by atoms with Crippen molar-refractivity contribution < 1.29 is 22.7 Å². The molecule has 3 heterocycles. The fraction of sp³-hybridized carbons (Fsp3) is 0.481. The lowest BCUT2D eigenvalue weighted by molar-refractivity contribution is -0.137. The maximum absolute atomic E-state index is 13.2. The van der Waals surface area contributed by atoms with Gasteiger partial charge in [0.05, 0.1) is 23.1 Å². The van der Waals surface area contributed by atoms with E-state index < -0.39 is 20.1 Å². The number of hydrogen-bond donors (Lipinski definition) is 2. The van der Waals surface area contributed by atoms with Crippen molar-refractivity contribution in [2.45, 2.75) is 70.1 Å². The summed E-state index contributed by atoms with van der Waals surface area (Å²) in [6.45, 7) is 11.2. The zero-order chi connectivity index (χ0) is 26.8. The Morgan fingerprint density at radius 3 is 2.54 bits per heavy atom. The summed E-state index contributed by atoms with van der Waals surface area (Å²) < 4.78 is 48.4. The minimum absolute atomic E-state index is 0.0221. The van der Waals surface area contributed by atoms with Gasteiger partial charge < -0.3 is 19.1 Å². The number of aromatic amines is 1. The van der Waals surface area contributed by atoms with Crippen LogP contribution >= 0.6 is 0 Å². The summed E-state index contributed by atoms with van der Waals surface area (Å²) in [6.07, 6.45) is 0.619. The van der Waals surface area contributed by atoms with E-state index in [1.807, 2.05) is 18.3 Å². The van der Waals surface area contributed by atoms with Crippen LogP contribution in [0.2, 0.25) is 18.1 Å². The topological polar surface area (TPSA) is 76.0 Å². The van der Waals surface area contributed by atoms with Gasteiger partial charge in [0.1, 0.15) is 12.0 Å². The summed E-state index contributed by atoms with van der Waals surface area (Å²) >= 11 is 0. The number of aliphatic hydroxyl groups is 1. The molecule has 1 fully saturated rings. The highest BCUT2D eigenvalue weighted by molar-refractivity contribution is 6.74. The van der Waals surface area contributed by atoms with Gasteiger partial charge in [-0.25, -0.2) is 9.97 Å². The predicted molar refractivity (Wildman–Crippen MR) is 141 cm³/mol. The number of nitrogens with zero attached hydrogens (tertiary/aromatic N) is 3. The van der Waals surface area contributed by atoms with Crippen molar-refractivity contribution in [2.75, 3.05) is 6.61 Å². The zero-order valence-electron chi connectivity index (χ0n) is 21.7. The molecule has 0 aliphatic heterocycles. The van der Waals surface area contributed by atoms with E-state index in [0.29, 0.717) is 22.3 Å². The fourth-order valence-electron chi connectivity index (χ4n) is 5.09. The van der Waals surface area contributed by atoms with Gasteiger partial charge in [0.25, 0.3) is 0 Å². The zero-order valence-corrected chi connectivity index (χ0v) is 22.7. The summed E-state index contributed by atoms with van der Waals surface area (Å²) in [5, 5.41) is 11.7. The highest BCUT2D eigenvalue weighted by Crippen LogP contribution is 2.44. The Labute approximate surface area is 215 Å². The van der Waals surface area contributed by atoms with Crippen molar-refractivity contribution in [2.24, 2.45) is 5.92 Å². The quantitative estimate of drug-likeness (QED) is 0.274. The second-order valence-electron chi connectivity index (χ2n) is 11.6. The lowest BCUT2D eigenvalue weighted by Gasteiger charge is -2.39. The number of aliphatic hydroxyl groups excluding tert-OH is 1. The molecule has 0 spiro atoms. The van der Waals surface area contributed by atoms with E-state index in [2.05, 4.69) is 53.4 Å². The number of nitrogens with one attached hydrogen (secondary N) is 1. The van der Waals surface area contributed by atoms with E-state index in [-0.39, 0.29) is 29.7 Å². The van der Waals surface area contributed by atoms with Gasteiger partial charge in [-0.2, -0.15) is 13.2 Å². The van der Waals surface area contributed by atoms with Gasteiger partial charge in [0.2, 0.25) is 0 Å². The molecule has 0 bridgehead atoms. The monoisotopic (exact) mass is 530 g/mol. The third kappa shape index (κ3) is 4.70. The van der Waals surface area contributed by atoms with Gasteiger partial charge in [0.15, 0.2) is 8.32 Å². The maximum Gasteiger partial charge on any atom is 0.416 e. The molecule has 2 N–H and O–H groups in total. The van der Waals surface area contributed by atoms with Crippen LogP contribution in [0, 0.1) is 5.92 Å². The molecule has 6 nitrogen and oxygen atoms in total. The largest absolute Gasteiger partial charge is 0.416 e. The number of alkyl halides is 3. The normalized spacial score (nSPS) is 21.4. The van der Waals surface area contributed by atoms with Gasteiger partial charge in [-0.15, -0.1) is 0 Å². The Bertz CT molecular complexity index is 1440. The summed E-state index contributed by atoms with van der Waals surface area (Å²) in [6, 6.07) is 7.56. The van der Waals surface area contributed by atoms with E-state index in [0.717, 1.165) is 36.0 Å². The molecule has 4 aromatic rings. The van der Waals surface area contributed by atoms with Gasteiger partial charge in [-0.1, -0.05) is 26.8 Å². The molecule has 1 saturated carbocycles. The molecule has 198 valence electrons. The lowest BCUT2D eigenvalue weighted by Crippen LogP contribution is -2.45. The van der Waals surface area contributed by atoms with Crippen molar-refractivity contribution in [1.82, 2.24) is 19.5 Å². The van der Waals surface area contributed by atoms with Crippen LogP contribution in [0.3, 0.4) is 0 Å². The minimum Gasteiger partial charge on any atom is -0.413 e. The van der Waals surface area contributed by atoms with Crippen molar-refractivity contribution in [3.8, 4) is 11.4 Å². The first kappa shape index (κ1) is 25.9. The summed E-state index contributed by atoms with van der Waals surface area (Å²) in [7, 11) is -2.00. The molecule has 1 aliphatic carbocycles. The number of aromatic nitrogens is 4. The van der Waals surface area contributed by atoms with Gasteiger partial charge >= 0.3 is 6.18 Å². The SMILES string of the molecule is CC(C)(C)[Si](C)(C)O[C@@H]1C[C@H](n2ccc3c(-c4cc5ccc(C(F)(F)F)cc5[nH]4)ncnc32)C[C@H]1CO. The van der Waals surface area contributed by atoms with E-state index in [1.165, 1.54) is 12.4 Å². The second kappa shape index (κ2) is 8.95. The van der Waals surface area contributed by atoms with Crippen molar-refractivity contribution in [1.29, 1.82) is 0 Å². The van der Waals surface area contributed by atoms with Crippen LogP contribution in [0.4, 0.5) is 13.2 Å². The molecule has 0 radical (unpaired) electrons. The molecule has 0 unspecified atom stereocenters. The first-order valence-corrected chi connectivity index (χ1v) is 15.5. The number of benzene rings is 1. The number of halogens is 3. The minimum atomic E-state index is -4.40. The number of H-pyrrole nitrogens is 1. The van der Waals surface area contributed by atoms with Crippen LogP contribution in [0.5, 0.6) is 0 Å². The molecule has 1 aliphatic rings. The standard InChI is InChI=1S/C27H33F3N4O2Si/c1-26(2,3)37(4,5)36-23-13-19(10-17(23)14-35)34-9-8-20-24(31-15-32-25(20)34)22-11-16-6-7-18(27(28,29)30)12-21(16)33-22/h6-9,11-12,15,17,19,23,33,35H,10,13-14H2,1-5H3/t17-,19+,23+/m0/s1. The average Bonchev–Trinajstić information content (AvgIpc) is 3.52. The van der Waals surface area contributed by atoms with E-state index in [9.17, 15) is 18.3 Å².